The molecule has 1 aromatic heterocycles. The van der Waals surface area contributed by atoms with Crippen molar-refractivity contribution in [3.8, 4) is 0 Å². The first-order valence-corrected chi connectivity index (χ1v) is 4.73. The molecule has 2 N–H and O–H groups in total. The first-order valence-electron chi connectivity index (χ1n) is 3.91. The summed E-state index contributed by atoms with van der Waals surface area (Å²) in [7, 11) is 1.50. The summed E-state index contributed by atoms with van der Waals surface area (Å²) in [5.41, 5.74) is 4.50. The maximum absolute atomic E-state index is 10.4. The largest absolute Gasteiger partial charge is 0.333 e. The lowest BCUT2D eigenvalue weighted by atomic mass is 10.2. The van der Waals surface area contributed by atoms with Crippen LogP contribution >= 0.6 is 11.3 Å². The third-order valence-electron chi connectivity index (χ3n) is 1.56. The molecule has 0 saturated heterocycles. The maximum atomic E-state index is 10.4. The molecule has 0 aliphatic heterocycles. The quantitative estimate of drug-likeness (QED) is 0.706. The number of rotatable bonds is 1. The van der Waals surface area contributed by atoms with Crippen LogP contribution in [0.3, 0.4) is 0 Å². The van der Waals surface area contributed by atoms with Crippen LogP contribution in [0.2, 0.25) is 0 Å². The van der Waals surface area contributed by atoms with Crippen molar-refractivity contribution in [2.75, 3.05) is 7.05 Å². The molecule has 0 aliphatic rings. The van der Waals surface area contributed by atoms with Gasteiger partial charge in [0.1, 0.15) is 0 Å². The van der Waals surface area contributed by atoms with E-state index < -0.39 is 0 Å². The van der Waals surface area contributed by atoms with Crippen molar-refractivity contribution in [3.05, 3.63) is 35.2 Å². The molecule has 1 heterocycles. The average molecular weight is 193 g/mol. The summed E-state index contributed by atoms with van der Waals surface area (Å²) in [6, 6.07) is 9.90. The third-order valence-corrected chi connectivity index (χ3v) is 2.60. The third kappa shape index (κ3) is 2.14. The first-order chi connectivity index (χ1) is 6.40. The summed E-state index contributed by atoms with van der Waals surface area (Å²) in [6.45, 7) is 0. The van der Waals surface area contributed by atoms with Gasteiger partial charge in [-0.05, 0) is 24.6 Å². The van der Waals surface area contributed by atoms with E-state index in [0.717, 1.165) is 16.5 Å². The minimum Gasteiger partial charge on any atom is -0.333 e. The smallest absolute Gasteiger partial charge is 0.160 e. The fraction of sp³-hybridized carbons (Fsp3) is 0.100. The molecule has 0 aliphatic carbocycles. The molecular formula is C10H11NOS. The normalized spacial score (nSPS) is 9.08. The molecule has 2 nitrogen and oxygen atoms in total. The Morgan fingerprint density at radius 2 is 2.00 bits per heavy atom. The second kappa shape index (κ2) is 4.74. The van der Waals surface area contributed by atoms with E-state index in [-0.39, 0.29) is 0 Å². The summed E-state index contributed by atoms with van der Waals surface area (Å²) in [4.78, 5) is 11.2. The molecule has 0 unspecified atom stereocenters. The molecular weight excluding hydrogens is 182 g/mol. The van der Waals surface area contributed by atoms with Crippen molar-refractivity contribution in [2.24, 2.45) is 5.73 Å². The summed E-state index contributed by atoms with van der Waals surface area (Å²) < 4.78 is 1.18. The van der Waals surface area contributed by atoms with Crippen molar-refractivity contribution < 1.29 is 4.79 Å². The Labute approximate surface area is 81.0 Å². The van der Waals surface area contributed by atoms with Gasteiger partial charge in [-0.25, -0.2) is 0 Å². The highest BCUT2D eigenvalue weighted by atomic mass is 32.1. The summed E-state index contributed by atoms with van der Waals surface area (Å²) in [6.07, 6.45) is 0.894. The number of hydrogen-bond donors (Lipinski definition) is 1. The first kappa shape index (κ1) is 9.89. The van der Waals surface area contributed by atoms with Crippen LogP contribution in [0.5, 0.6) is 0 Å². The highest BCUT2D eigenvalue weighted by Gasteiger charge is 1.97. The molecule has 0 amide bonds. The van der Waals surface area contributed by atoms with Crippen LogP contribution in [0.4, 0.5) is 0 Å². The van der Waals surface area contributed by atoms with Gasteiger partial charge in [0.2, 0.25) is 0 Å². The molecule has 0 saturated carbocycles. The number of hydrogen-bond acceptors (Lipinski definition) is 3. The van der Waals surface area contributed by atoms with Crippen molar-refractivity contribution in [3.63, 3.8) is 0 Å². The van der Waals surface area contributed by atoms with E-state index in [2.05, 4.69) is 5.73 Å². The predicted octanol–water partition coefficient (Wildman–Crippen LogP) is 2.29. The lowest BCUT2D eigenvalue weighted by Crippen LogP contribution is -1.69. The van der Waals surface area contributed by atoms with Gasteiger partial charge in [-0.1, -0.05) is 18.2 Å². The Bertz CT molecular complexity index is 361. The van der Waals surface area contributed by atoms with E-state index in [4.69, 9.17) is 0 Å². The Morgan fingerprint density at radius 3 is 2.62 bits per heavy atom. The molecule has 0 bridgehead atoms. The number of aldehydes is 1. The molecule has 3 heteroatoms. The van der Waals surface area contributed by atoms with Gasteiger partial charge in [-0.2, -0.15) is 0 Å². The second-order valence-corrected chi connectivity index (χ2v) is 3.42. The van der Waals surface area contributed by atoms with Crippen molar-refractivity contribution >= 4 is 27.7 Å². The topological polar surface area (TPSA) is 43.1 Å². The Morgan fingerprint density at radius 1 is 1.31 bits per heavy atom. The van der Waals surface area contributed by atoms with Gasteiger partial charge >= 0.3 is 0 Å². The lowest BCUT2D eigenvalue weighted by molar-refractivity contribution is 0.112. The van der Waals surface area contributed by atoms with Gasteiger partial charge in [-0.15, -0.1) is 11.3 Å². The molecule has 0 radical (unpaired) electrons. The monoisotopic (exact) mass is 193 g/mol. The number of nitrogens with two attached hydrogens (primary N) is 1. The van der Waals surface area contributed by atoms with Crippen molar-refractivity contribution in [1.82, 2.24) is 0 Å². The summed E-state index contributed by atoms with van der Waals surface area (Å²) >= 11 is 1.53. The molecule has 2 aromatic rings. The second-order valence-electron chi connectivity index (χ2n) is 2.30. The van der Waals surface area contributed by atoms with Gasteiger partial charge < -0.3 is 5.73 Å². The maximum Gasteiger partial charge on any atom is 0.160 e. The van der Waals surface area contributed by atoms with E-state index in [0.29, 0.717) is 0 Å². The highest BCUT2D eigenvalue weighted by molar-refractivity contribution is 7.20. The zero-order valence-electron chi connectivity index (χ0n) is 7.36. The molecule has 2 rings (SSSR count). The Hall–Kier alpha value is -1.19. The zero-order chi connectivity index (χ0) is 9.68. The van der Waals surface area contributed by atoms with Gasteiger partial charge in [0.15, 0.2) is 6.29 Å². The number of benzene rings is 1. The Kier molecular flexibility index (Phi) is 3.61. The van der Waals surface area contributed by atoms with Crippen LogP contribution in [-0.4, -0.2) is 13.3 Å². The minimum atomic E-state index is 0.797. The lowest BCUT2D eigenvalue weighted by Gasteiger charge is -1.82. The SMILES string of the molecule is CN.O=Cc1cc2ccccc2s1. The summed E-state index contributed by atoms with van der Waals surface area (Å²) in [5, 5.41) is 1.15. The summed E-state index contributed by atoms with van der Waals surface area (Å²) in [5.74, 6) is 0. The van der Waals surface area contributed by atoms with E-state index in [1.807, 2.05) is 30.3 Å². The number of carbonyl (C=O) groups excluding carboxylic acids is 1. The van der Waals surface area contributed by atoms with E-state index >= 15 is 0 Å². The van der Waals surface area contributed by atoms with Crippen LogP contribution in [0, 0.1) is 0 Å². The number of carbonyl (C=O) groups is 1. The van der Waals surface area contributed by atoms with E-state index in [1.165, 1.54) is 23.1 Å². The fourth-order valence-corrected chi connectivity index (χ4v) is 1.94. The molecule has 0 spiro atoms. The van der Waals surface area contributed by atoms with Crippen LogP contribution in [0.15, 0.2) is 30.3 Å². The van der Waals surface area contributed by atoms with Gasteiger partial charge in [-0.3, -0.25) is 4.79 Å². The average Bonchev–Trinajstić information content (AvgIpc) is 2.63. The van der Waals surface area contributed by atoms with Gasteiger partial charge in [0.25, 0.3) is 0 Å². The van der Waals surface area contributed by atoms with Gasteiger partial charge in [0, 0.05) is 4.70 Å². The highest BCUT2D eigenvalue weighted by Crippen LogP contribution is 2.23. The predicted molar refractivity (Wildman–Crippen MR) is 57.3 cm³/mol. The standard InChI is InChI=1S/C9H6OS.CH5N/c10-6-8-5-7-3-1-2-4-9(7)11-8;1-2/h1-6H;2H2,1H3. The minimum absolute atomic E-state index is 0.797. The molecule has 1 aromatic carbocycles. The van der Waals surface area contributed by atoms with Crippen LogP contribution < -0.4 is 5.73 Å². The van der Waals surface area contributed by atoms with E-state index in [1.54, 1.807) is 0 Å². The number of fused-ring (bicyclic) bond motifs is 1. The fourth-order valence-electron chi connectivity index (χ4n) is 1.06. The van der Waals surface area contributed by atoms with Gasteiger partial charge in [0.05, 0.1) is 4.88 Å². The molecule has 68 valence electrons. The van der Waals surface area contributed by atoms with Crippen LogP contribution in [0.1, 0.15) is 9.67 Å². The molecule has 0 atom stereocenters. The van der Waals surface area contributed by atoms with Crippen molar-refractivity contribution in [1.29, 1.82) is 0 Å². The Balaban J connectivity index is 0.000000396. The molecule has 13 heavy (non-hydrogen) atoms. The van der Waals surface area contributed by atoms with Crippen LogP contribution in [0.25, 0.3) is 10.1 Å². The zero-order valence-corrected chi connectivity index (χ0v) is 8.17. The van der Waals surface area contributed by atoms with Crippen LogP contribution in [-0.2, 0) is 0 Å². The molecule has 0 fully saturated rings. The van der Waals surface area contributed by atoms with Crippen molar-refractivity contribution in [2.45, 2.75) is 0 Å². The van der Waals surface area contributed by atoms with E-state index in [9.17, 15) is 4.79 Å². The number of thiophene rings is 1.